The normalized spacial score (nSPS) is 13.4. The zero-order valence-electron chi connectivity index (χ0n) is 15.5. The van der Waals surface area contributed by atoms with Crippen LogP contribution < -0.4 is 5.32 Å². The predicted molar refractivity (Wildman–Crippen MR) is 105 cm³/mol. The Balaban J connectivity index is 1.40. The van der Waals surface area contributed by atoms with Gasteiger partial charge in [0.2, 0.25) is 0 Å². The van der Waals surface area contributed by atoms with Crippen molar-refractivity contribution in [2.24, 2.45) is 0 Å². The molecule has 2 amide bonds. The first-order chi connectivity index (χ1) is 13.6. The van der Waals surface area contributed by atoms with Crippen LogP contribution in [-0.4, -0.2) is 48.9 Å². The summed E-state index contributed by atoms with van der Waals surface area (Å²) in [6.45, 7) is 0.473. The summed E-state index contributed by atoms with van der Waals surface area (Å²) in [6, 6.07) is 18.6. The maximum absolute atomic E-state index is 12.2. The van der Waals surface area contributed by atoms with Crippen LogP contribution in [-0.2, 0) is 14.3 Å². The van der Waals surface area contributed by atoms with Gasteiger partial charge in [0.15, 0.2) is 6.61 Å². The van der Waals surface area contributed by atoms with E-state index in [0.29, 0.717) is 18.7 Å². The SMILES string of the molecule is O=C(CNC(=O)c1ccccc1)OCC(=O)N1CC=C(c2ccccc2)CC1. The Labute approximate surface area is 163 Å². The number of carbonyl (C=O) groups excluding carboxylic acids is 3. The molecule has 0 saturated heterocycles. The van der Waals surface area contributed by atoms with Gasteiger partial charge in [0.25, 0.3) is 11.8 Å². The fourth-order valence-electron chi connectivity index (χ4n) is 2.94. The molecule has 144 valence electrons. The summed E-state index contributed by atoms with van der Waals surface area (Å²) in [7, 11) is 0. The van der Waals surface area contributed by atoms with Crippen molar-refractivity contribution in [3.05, 3.63) is 77.9 Å². The number of hydrogen-bond acceptors (Lipinski definition) is 4. The van der Waals surface area contributed by atoms with Crippen LogP contribution in [0.3, 0.4) is 0 Å². The predicted octanol–water partition coefficient (Wildman–Crippen LogP) is 2.28. The van der Waals surface area contributed by atoms with Crippen molar-refractivity contribution in [3.63, 3.8) is 0 Å². The molecular formula is C22H22N2O4. The number of nitrogens with one attached hydrogen (secondary N) is 1. The first-order valence-corrected chi connectivity index (χ1v) is 9.14. The summed E-state index contributed by atoms with van der Waals surface area (Å²) in [5.41, 5.74) is 2.83. The summed E-state index contributed by atoms with van der Waals surface area (Å²) in [5, 5.41) is 2.48. The third kappa shape index (κ3) is 5.30. The zero-order chi connectivity index (χ0) is 19.8. The van der Waals surface area contributed by atoms with Crippen LogP contribution in [0.15, 0.2) is 66.7 Å². The topological polar surface area (TPSA) is 75.7 Å². The Morgan fingerprint density at radius 1 is 0.964 bits per heavy atom. The Bertz CT molecular complexity index is 863. The minimum Gasteiger partial charge on any atom is -0.454 e. The average molecular weight is 378 g/mol. The van der Waals surface area contributed by atoms with Crippen molar-refractivity contribution in [1.82, 2.24) is 10.2 Å². The smallest absolute Gasteiger partial charge is 0.325 e. The first-order valence-electron chi connectivity index (χ1n) is 9.14. The van der Waals surface area contributed by atoms with E-state index in [1.165, 1.54) is 5.57 Å². The molecule has 6 heteroatoms. The minimum atomic E-state index is -0.643. The molecule has 1 heterocycles. The number of esters is 1. The number of hydrogen-bond donors (Lipinski definition) is 1. The Morgan fingerprint density at radius 2 is 1.64 bits per heavy atom. The molecule has 0 fully saturated rings. The number of benzene rings is 2. The van der Waals surface area contributed by atoms with Gasteiger partial charge in [-0.15, -0.1) is 0 Å². The maximum atomic E-state index is 12.2. The zero-order valence-corrected chi connectivity index (χ0v) is 15.5. The lowest BCUT2D eigenvalue weighted by atomic mass is 10.00. The molecular weight excluding hydrogens is 356 g/mol. The van der Waals surface area contributed by atoms with Crippen LogP contribution in [0.2, 0.25) is 0 Å². The molecule has 1 N–H and O–H groups in total. The molecule has 0 bridgehead atoms. The monoisotopic (exact) mass is 378 g/mol. The van der Waals surface area contributed by atoms with E-state index >= 15 is 0 Å². The summed E-state index contributed by atoms with van der Waals surface area (Å²) in [4.78, 5) is 37.6. The standard InChI is InChI=1S/C22H22N2O4/c25-20(24-13-11-18(12-14-24)17-7-3-1-4-8-17)16-28-21(26)15-23-22(27)19-9-5-2-6-10-19/h1-11H,12-16H2,(H,23,27). The molecule has 0 aliphatic carbocycles. The van der Waals surface area contributed by atoms with Crippen molar-refractivity contribution < 1.29 is 19.1 Å². The van der Waals surface area contributed by atoms with Gasteiger partial charge in [0.05, 0.1) is 0 Å². The summed E-state index contributed by atoms with van der Waals surface area (Å²) < 4.78 is 4.99. The lowest BCUT2D eigenvalue weighted by Gasteiger charge is -2.26. The molecule has 0 saturated carbocycles. The van der Waals surface area contributed by atoms with Gasteiger partial charge in [-0.05, 0) is 29.7 Å². The van der Waals surface area contributed by atoms with Gasteiger partial charge < -0.3 is 15.0 Å². The van der Waals surface area contributed by atoms with E-state index in [-0.39, 0.29) is 25.0 Å². The molecule has 28 heavy (non-hydrogen) atoms. The number of ether oxygens (including phenoxy) is 1. The third-order valence-corrected chi connectivity index (χ3v) is 4.49. The van der Waals surface area contributed by atoms with Crippen molar-refractivity contribution in [2.75, 3.05) is 26.2 Å². The molecule has 6 nitrogen and oxygen atoms in total. The van der Waals surface area contributed by atoms with Gasteiger partial charge in [0, 0.05) is 18.7 Å². The van der Waals surface area contributed by atoms with E-state index in [1.54, 1.807) is 35.2 Å². The quantitative estimate of drug-likeness (QED) is 0.783. The number of amides is 2. The molecule has 3 rings (SSSR count). The van der Waals surface area contributed by atoms with E-state index in [9.17, 15) is 14.4 Å². The molecule has 0 atom stereocenters. The Hall–Kier alpha value is -3.41. The van der Waals surface area contributed by atoms with Crippen molar-refractivity contribution in [2.45, 2.75) is 6.42 Å². The second-order valence-electron chi connectivity index (χ2n) is 6.39. The fraction of sp³-hybridized carbons (Fsp3) is 0.227. The van der Waals surface area contributed by atoms with Gasteiger partial charge >= 0.3 is 5.97 Å². The first kappa shape index (κ1) is 19.4. The highest BCUT2D eigenvalue weighted by atomic mass is 16.5. The van der Waals surface area contributed by atoms with Crippen LogP contribution in [0.5, 0.6) is 0 Å². The fourth-order valence-corrected chi connectivity index (χ4v) is 2.94. The van der Waals surface area contributed by atoms with Crippen LogP contribution in [0.1, 0.15) is 22.3 Å². The number of carbonyl (C=O) groups is 3. The number of rotatable bonds is 6. The van der Waals surface area contributed by atoms with Gasteiger partial charge in [-0.25, -0.2) is 0 Å². The second kappa shape index (κ2) is 9.50. The van der Waals surface area contributed by atoms with E-state index in [4.69, 9.17) is 4.74 Å². The van der Waals surface area contributed by atoms with Crippen LogP contribution in [0, 0.1) is 0 Å². The van der Waals surface area contributed by atoms with Crippen LogP contribution in [0.25, 0.3) is 5.57 Å². The lowest BCUT2D eigenvalue weighted by Crippen LogP contribution is -2.38. The van der Waals surface area contributed by atoms with E-state index in [2.05, 4.69) is 17.4 Å². The van der Waals surface area contributed by atoms with Crippen molar-refractivity contribution in [1.29, 1.82) is 0 Å². The van der Waals surface area contributed by atoms with Gasteiger partial charge in [-0.3, -0.25) is 14.4 Å². The van der Waals surface area contributed by atoms with Crippen molar-refractivity contribution >= 4 is 23.4 Å². The molecule has 2 aromatic rings. The molecule has 0 radical (unpaired) electrons. The number of nitrogens with zero attached hydrogens (tertiary/aromatic N) is 1. The van der Waals surface area contributed by atoms with Crippen molar-refractivity contribution in [3.8, 4) is 0 Å². The highest BCUT2D eigenvalue weighted by Crippen LogP contribution is 2.21. The largest absolute Gasteiger partial charge is 0.454 e. The summed E-state index contributed by atoms with van der Waals surface area (Å²) in [6.07, 6.45) is 2.79. The van der Waals surface area contributed by atoms with Crippen LogP contribution >= 0.6 is 0 Å². The summed E-state index contributed by atoms with van der Waals surface area (Å²) in [5.74, 6) is -1.25. The highest BCUT2D eigenvalue weighted by molar-refractivity contribution is 5.96. The molecule has 0 unspecified atom stereocenters. The lowest BCUT2D eigenvalue weighted by molar-refractivity contribution is -0.151. The molecule has 2 aromatic carbocycles. The average Bonchev–Trinajstić information content (AvgIpc) is 2.77. The molecule has 0 aromatic heterocycles. The molecule has 1 aliphatic heterocycles. The van der Waals surface area contributed by atoms with E-state index in [1.807, 2.05) is 24.3 Å². The summed E-state index contributed by atoms with van der Waals surface area (Å²) >= 11 is 0. The van der Waals surface area contributed by atoms with Gasteiger partial charge in [-0.2, -0.15) is 0 Å². The third-order valence-electron chi connectivity index (χ3n) is 4.49. The van der Waals surface area contributed by atoms with E-state index in [0.717, 1.165) is 12.0 Å². The van der Waals surface area contributed by atoms with Gasteiger partial charge in [0.1, 0.15) is 6.54 Å². The Morgan fingerprint density at radius 3 is 2.29 bits per heavy atom. The maximum Gasteiger partial charge on any atom is 0.325 e. The van der Waals surface area contributed by atoms with E-state index < -0.39 is 5.97 Å². The second-order valence-corrected chi connectivity index (χ2v) is 6.39. The minimum absolute atomic E-state index is 0.244. The Kier molecular flexibility index (Phi) is 6.57. The highest BCUT2D eigenvalue weighted by Gasteiger charge is 2.19. The molecule has 1 aliphatic rings. The van der Waals surface area contributed by atoms with Crippen LogP contribution in [0.4, 0.5) is 0 Å². The molecule has 0 spiro atoms. The van der Waals surface area contributed by atoms with Gasteiger partial charge in [-0.1, -0.05) is 54.6 Å².